The van der Waals surface area contributed by atoms with E-state index in [9.17, 15) is 0 Å². The Bertz CT molecular complexity index is 1100. The summed E-state index contributed by atoms with van der Waals surface area (Å²) in [5, 5.41) is 3.80. The molecule has 0 heterocycles. The minimum Gasteiger partial charge on any atom is -1.00 e. The number of hydrogen-bond acceptors (Lipinski definition) is 0. The maximum Gasteiger partial charge on any atom is -1.00 e. The first-order valence-corrected chi connectivity index (χ1v) is 21.9. The monoisotopic (exact) mass is 736 g/mol. The van der Waals surface area contributed by atoms with E-state index >= 15 is 0 Å². The molecule has 0 aromatic heterocycles. The van der Waals surface area contributed by atoms with Crippen LogP contribution < -0.4 is 24.8 Å². The second-order valence-corrected chi connectivity index (χ2v) is 21.8. The van der Waals surface area contributed by atoms with Gasteiger partial charge in [-0.05, 0) is 0 Å². The number of benzene rings is 2. The molecule has 2 atom stereocenters. The van der Waals surface area contributed by atoms with Crippen molar-refractivity contribution < 1.29 is 47.7 Å². The van der Waals surface area contributed by atoms with Crippen molar-refractivity contribution in [2.45, 2.75) is 82.9 Å². The predicted molar refractivity (Wildman–Crippen MR) is 154 cm³/mol. The molecule has 0 nitrogen and oxygen atoms in total. The zero-order valence-electron chi connectivity index (χ0n) is 22.3. The summed E-state index contributed by atoms with van der Waals surface area (Å²) < 4.78 is 1.61. The van der Waals surface area contributed by atoms with Gasteiger partial charge in [0, 0.05) is 0 Å². The minimum atomic E-state index is -1.09. The topological polar surface area (TPSA) is 0 Å². The van der Waals surface area contributed by atoms with Crippen LogP contribution >= 0.6 is 15.8 Å². The second-order valence-electron chi connectivity index (χ2n) is 11.3. The van der Waals surface area contributed by atoms with Crippen molar-refractivity contribution in [2.75, 3.05) is 13.3 Å². The Hall–Kier alpha value is 0.230. The van der Waals surface area contributed by atoms with Crippen LogP contribution in [0.4, 0.5) is 0 Å². The molecule has 2 aromatic carbocycles. The van der Waals surface area contributed by atoms with Crippen LogP contribution in [0.5, 0.6) is 0 Å². The van der Waals surface area contributed by atoms with E-state index in [4.69, 9.17) is 0 Å². The van der Waals surface area contributed by atoms with E-state index in [2.05, 4.69) is 74.0 Å². The Morgan fingerprint density at radius 1 is 0.595 bits per heavy atom. The summed E-state index contributed by atoms with van der Waals surface area (Å²) in [5.74, 6) is 0. The van der Waals surface area contributed by atoms with Gasteiger partial charge in [-0.1, -0.05) is 0 Å². The fourth-order valence-electron chi connectivity index (χ4n) is 7.18. The van der Waals surface area contributed by atoms with Crippen LogP contribution in [0.3, 0.4) is 0 Å². The molecule has 6 rings (SSSR count). The molecule has 0 saturated heterocycles. The molecule has 4 aliphatic rings. The first-order chi connectivity index (χ1) is 17.2. The molecule has 2 saturated carbocycles. The molecule has 5 heteroatoms. The summed E-state index contributed by atoms with van der Waals surface area (Å²) in [7, 11) is -0.0384. The van der Waals surface area contributed by atoms with Crippen molar-refractivity contribution in [2.24, 2.45) is 0 Å². The molecular formula is C32H40Cl2HfP2. The van der Waals surface area contributed by atoms with Gasteiger partial charge in [-0.2, -0.15) is 0 Å². The number of hydrogen-bond donors (Lipinski definition) is 0. The summed E-state index contributed by atoms with van der Waals surface area (Å²) in [5.41, 5.74) is 8.55. The molecular weight excluding hydrogens is 696 g/mol. The van der Waals surface area contributed by atoms with Crippen LogP contribution in [-0.2, 0) is 22.9 Å². The number of fused-ring (bicyclic) bond motifs is 2. The Morgan fingerprint density at radius 3 is 1.51 bits per heavy atom. The molecule has 0 amide bonds. The first kappa shape index (κ1) is 30.2. The van der Waals surface area contributed by atoms with E-state index in [1.165, 1.54) is 69.8 Å². The maximum atomic E-state index is 2.77. The van der Waals surface area contributed by atoms with Crippen LogP contribution in [0.25, 0.3) is 12.2 Å². The van der Waals surface area contributed by atoms with Gasteiger partial charge < -0.3 is 24.8 Å². The van der Waals surface area contributed by atoms with Gasteiger partial charge in [0.2, 0.25) is 0 Å². The summed E-state index contributed by atoms with van der Waals surface area (Å²) >= 11 is -1.09. The fraction of sp³-hybridized carbons (Fsp3) is 0.500. The van der Waals surface area contributed by atoms with E-state index in [0.29, 0.717) is 0 Å². The van der Waals surface area contributed by atoms with Crippen molar-refractivity contribution in [3.8, 4) is 0 Å². The Labute approximate surface area is 251 Å². The molecule has 2 aromatic rings. The van der Waals surface area contributed by atoms with Crippen molar-refractivity contribution in [3.63, 3.8) is 0 Å². The maximum absolute atomic E-state index is 2.77. The SMILES string of the molecule is CP(C)C1=Cc2ccccc2[CH]1[Hf+2][CH]1C(P(C2CCCCC2)C2CCCCC2)=Cc2ccccc21.[Cl-].[Cl-]. The molecule has 196 valence electrons. The van der Waals surface area contributed by atoms with Crippen LogP contribution in [0, 0.1) is 0 Å². The first-order valence-electron chi connectivity index (χ1n) is 14.0. The zero-order valence-corrected chi connectivity index (χ0v) is 29.2. The van der Waals surface area contributed by atoms with Gasteiger partial charge in [0.1, 0.15) is 0 Å². The number of rotatable bonds is 6. The molecule has 2 unspecified atom stereocenters. The molecule has 0 spiro atoms. The standard InChI is InChI=1S/C21H28P.C11H12P.2ClH.Hf/c1-3-11-19(12-4-1)22(20-13-5-2-6-14-20)21-15-17-9-7-8-10-18(17)16-21;1-12(2)11-7-9-5-3-4-6-10(9)8-11;;;/h7-10,15-16,19-20H,1-6,11-14H2;3-8H,1-2H3;2*1H;/q;;;;+2/p-2. The molecule has 37 heavy (non-hydrogen) atoms. The third-order valence-corrected chi connectivity index (χ3v) is 22.5. The zero-order chi connectivity index (χ0) is 23.8. The normalized spacial score (nSPS) is 23.5. The van der Waals surface area contributed by atoms with E-state index in [0.717, 1.165) is 18.7 Å². The smallest absolute Gasteiger partial charge is 1.00 e. The Kier molecular flexibility index (Phi) is 11.2. The molecule has 0 aliphatic heterocycles. The van der Waals surface area contributed by atoms with Crippen LogP contribution in [-0.4, -0.2) is 24.6 Å². The van der Waals surface area contributed by atoms with E-state index < -0.39 is 22.9 Å². The quantitative estimate of drug-likeness (QED) is 0.309. The fourth-order valence-corrected chi connectivity index (χ4v) is 24.1. The average molecular weight is 736 g/mol. The second kappa shape index (κ2) is 13.7. The van der Waals surface area contributed by atoms with Gasteiger partial charge in [0.25, 0.3) is 0 Å². The van der Waals surface area contributed by atoms with Gasteiger partial charge in [-0.25, -0.2) is 0 Å². The number of halogens is 2. The van der Waals surface area contributed by atoms with E-state index in [1.807, 2.05) is 10.6 Å². The third kappa shape index (κ3) is 6.28. The Balaban J connectivity index is 0.00000160. The molecule has 0 bridgehead atoms. The van der Waals surface area contributed by atoms with Crippen LogP contribution in [0.2, 0.25) is 0 Å². The average Bonchev–Trinajstić information content (AvgIpc) is 3.45. The Morgan fingerprint density at radius 2 is 1.03 bits per heavy atom. The molecule has 2 fully saturated rings. The van der Waals surface area contributed by atoms with Gasteiger partial charge >= 0.3 is 229 Å². The number of allylic oxidation sites excluding steroid dienone is 2. The summed E-state index contributed by atoms with van der Waals surface area (Å²) in [6, 6.07) is 19.0. The van der Waals surface area contributed by atoms with Crippen LogP contribution in [0.15, 0.2) is 59.2 Å². The minimum absolute atomic E-state index is 0. The van der Waals surface area contributed by atoms with Crippen LogP contribution in [0.1, 0.15) is 93.8 Å². The van der Waals surface area contributed by atoms with Gasteiger partial charge in [0.15, 0.2) is 0 Å². The summed E-state index contributed by atoms with van der Waals surface area (Å²) in [6.45, 7) is 5.00. The van der Waals surface area contributed by atoms with Crippen molar-refractivity contribution in [1.29, 1.82) is 0 Å². The van der Waals surface area contributed by atoms with E-state index in [1.54, 1.807) is 16.7 Å². The largest absolute Gasteiger partial charge is 1.00 e. The predicted octanol–water partition coefficient (Wildman–Crippen LogP) is 4.16. The van der Waals surface area contributed by atoms with Gasteiger partial charge in [-0.15, -0.1) is 0 Å². The molecule has 4 aliphatic carbocycles. The van der Waals surface area contributed by atoms with Crippen molar-refractivity contribution in [1.82, 2.24) is 0 Å². The van der Waals surface area contributed by atoms with E-state index in [-0.39, 0.29) is 40.7 Å². The van der Waals surface area contributed by atoms with Crippen molar-refractivity contribution in [3.05, 3.63) is 81.4 Å². The van der Waals surface area contributed by atoms with Gasteiger partial charge in [0.05, 0.1) is 0 Å². The molecule has 0 N–H and O–H groups in total. The van der Waals surface area contributed by atoms with Crippen molar-refractivity contribution >= 4 is 28.0 Å². The third-order valence-electron chi connectivity index (χ3n) is 8.90. The van der Waals surface area contributed by atoms with Gasteiger partial charge in [-0.3, -0.25) is 0 Å². The summed E-state index contributed by atoms with van der Waals surface area (Å²) in [6.07, 6.45) is 20.4. The summed E-state index contributed by atoms with van der Waals surface area (Å²) in [4.78, 5) is 0. The molecule has 0 radical (unpaired) electrons.